The Hall–Kier alpha value is -0.290. The maximum absolute atomic E-state index is 5.18. The van der Waals surface area contributed by atoms with E-state index in [2.05, 4.69) is 40.2 Å². The predicted octanol–water partition coefficient (Wildman–Crippen LogP) is -0.786. The van der Waals surface area contributed by atoms with Crippen LogP contribution in [0.25, 0.3) is 0 Å². The smallest absolute Gasteiger partial charge is 0.119 e. The van der Waals surface area contributed by atoms with Crippen LogP contribution in [0.15, 0.2) is 18.2 Å². The van der Waals surface area contributed by atoms with Gasteiger partial charge in [0.25, 0.3) is 0 Å². The molecule has 0 fully saturated rings. The number of aryl methyl sites for hydroxylation is 1. The average Bonchev–Trinajstić information content (AvgIpc) is 2.06. The summed E-state index contributed by atoms with van der Waals surface area (Å²) in [6, 6.07) is 6.26. The summed E-state index contributed by atoms with van der Waals surface area (Å²) < 4.78 is 6.13. The Labute approximate surface area is 110 Å². The second kappa shape index (κ2) is 5.70. The molecule has 1 aromatic carbocycles. The zero-order chi connectivity index (χ0) is 10.8. The van der Waals surface area contributed by atoms with Gasteiger partial charge in [0.2, 0.25) is 0 Å². The summed E-state index contributed by atoms with van der Waals surface area (Å²) in [5.74, 6) is 0.938. The summed E-state index contributed by atoms with van der Waals surface area (Å²) in [7, 11) is 8.30. The third kappa shape index (κ3) is 4.84. The minimum atomic E-state index is 0. The Bertz CT molecular complexity index is 318. The molecule has 0 N–H and O–H groups in total. The number of halogens is 1. The molecule has 15 heavy (non-hydrogen) atoms. The van der Waals surface area contributed by atoms with Gasteiger partial charge in [0, 0.05) is 5.56 Å². The van der Waals surface area contributed by atoms with Crippen LogP contribution in [0.3, 0.4) is 0 Å². The monoisotopic (exact) mass is 321 g/mol. The topological polar surface area (TPSA) is 9.23 Å². The number of quaternary nitrogens is 1. The molecule has 0 aliphatic carbocycles. The standard InChI is InChI=1S/C12H20NO.HI/c1-10-8-12(14-5)7-6-11(10)9-13(2,3)4;/h6-8H,9H2,1-5H3;1H/q+1;/p-1. The van der Waals surface area contributed by atoms with Crippen molar-refractivity contribution in [3.8, 4) is 5.75 Å². The van der Waals surface area contributed by atoms with Gasteiger partial charge in [-0.3, -0.25) is 0 Å². The van der Waals surface area contributed by atoms with Gasteiger partial charge in [-0.25, -0.2) is 0 Å². The lowest BCUT2D eigenvalue weighted by molar-refractivity contribution is -0.884. The first-order valence-electron chi connectivity index (χ1n) is 4.86. The van der Waals surface area contributed by atoms with Gasteiger partial charge in [0.15, 0.2) is 0 Å². The zero-order valence-electron chi connectivity index (χ0n) is 10.2. The highest BCUT2D eigenvalue weighted by molar-refractivity contribution is 5.34. The van der Waals surface area contributed by atoms with Crippen LogP contribution in [0.2, 0.25) is 0 Å². The van der Waals surface area contributed by atoms with Gasteiger partial charge < -0.3 is 33.2 Å². The molecule has 1 rings (SSSR count). The first-order chi connectivity index (χ1) is 6.42. The fraction of sp³-hybridized carbons (Fsp3) is 0.500. The van der Waals surface area contributed by atoms with Crippen LogP contribution < -0.4 is 28.7 Å². The largest absolute Gasteiger partial charge is 1.00 e. The van der Waals surface area contributed by atoms with E-state index in [4.69, 9.17) is 4.74 Å². The normalized spacial score (nSPS) is 10.7. The molecule has 0 aliphatic heterocycles. The summed E-state index contributed by atoms with van der Waals surface area (Å²) in [6.07, 6.45) is 0. The minimum Gasteiger partial charge on any atom is -1.00 e. The molecule has 0 saturated heterocycles. The van der Waals surface area contributed by atoms with Crippen LogP contribution in [0.5, 0.6) is 5.75 Å². The highest BCUT2D eigenvalue weighted by atomic mass is 127. The van der Waals surface area contributed by atoms with E-state index in [1.54, 1.807) is 7.11 Å². The van der Waals surface area contributed by atoms with Crippen molar-refractivity contribution in [3.05, 3.63) is 29.3 Å². The summed E-state index contributed by atoms with van der Waals surface area (Å²) in [5.41, 5.74) is 2.69. The minimum absolute atomic E-state index is 0. The summed E-state index contributed by atoms with van der Waals surface area (Å²) >= 11 is 0. The summed E-state index contributed by atoms with van der Waals surface area (Å²) in [4.78, 5) is 0. The van der Waals surface area contributed by atoms with Gasteiger partial charge in [0.05, 0.1) is 28.3 Å². The molecule has 2 nitrogen and oxygen atoms in total. The van der Waals surface area contributed by atoms with E-state index in [1.807, 2.05) is 6.07 Å². The van der Waals surface area contributed by atoms with E-state index < -0.39 is 0 Å². The number of hydrogen-bond donors (Lipinski definition) is 0. The van der Waals surface area contributed by atoms with Crippen molar-refractivity contribution in [1.29, 1.82) is 0 Å². The molecule has 0 aromatic heterocycles. The summed E-state index contributed by atoms with van der Waals surface area (Å²) in [6.45, 7) is 3.18. The maximum Gasteiger partial charge on any atom is 0.119 e. The molecule has 0 amide bonds. The SMILES string of the molecule is COc1ccc(C[N+](C)(C)C)c(C)c1.[I-]. The molecule has 0 saturated carbocycles. The average molecular weight is 321 g/mol. The maximum atomic E-state index is 5.18. The molecule has 0 unspecified atom stereocenters. The van der Waals surface area contributed by atoms with E-state index in [0.29, 0.717) is 0 Å². The fourth-order valence-corrected chi connectivity index (χ4v) is 1.48. The molecular formula is C12H20INO. The molecule has 86 valence electrons. The van der Waals surface area contributed by atoms with Gasteiger partial charge >= 0.3 is 0 Å². The lowest BCUT2D eigenvalue weighted by Crippen LogP contribution is -3.00. The van der Waals surface area contributed by atoms with Gasteiger partial charge in [-0.15, -0.1) is 0 Å². The number of methoxy groups -OCH3 is 1. The Morgan fingerprint density at radius 1 is 1.20 bits per heavy atom. The Morgan fingerprint density at radius 2 is 1.80 bits per heavy atom. The third-order valence-corrected chi connectivity index (χ3v) is 2.19. The Balaban J connectivity index is 0.00000196. The number of rotatable bonds is 3. The van der Waals surface area contributed by atoms with E-state index in [9.17, 15) is 0 Å². The predicted molar refractivity (Wildman–Crippen MR) is 59.5 cm³/mol. The lowest BCUT2D eigenvalue weighted by atomic mass is 10.1. The van der Waals surface area contributed by atoms with Gasteiger partial charge in [-0.1, -0.05) is 0 Å². The Morgan fingerprint density at radius 3 is 2.20 bits per heavy atom. The van der Waals surface area contributed by atoms with Crippen molar-refractivity contribution in [3.63, 3.8) is 0 Å². The third-order valence-electron chi connectivity index (χ3n) is 2.19. The molecule has 3 heteroatoms. The van der Waals surface area contributed by atoms with Crippen LogP contribution in [-0.2, 0) is 6.54 Å². The van der Waals surface area contributed by atoms with E-state index in [-0.39, 0.29) is 24.0 Å². The van der Waals surface area contributed by atoms with Gasteiger partial charge in [-0.2, -0.15) is 0 Å². The van der Waals surface area contributed by atoms with Crippen LogP contribution in [0.1, 0.15) is 11.1 Å². The highest BCUT2D eigenvalue weighted by Gasteiger charge is 2.10. The van der Waals surface area contributed by atoms with Crippen molar-refractivity contribution >= 4 is 0 Å². The summed E-state index contributed by atoms with van der Waals surface area (Å²) in [5, 5.41) is 0. The molecule has 0 bridgehead atoms. The number of benzene rings is 1. The van der Waals surface area contributed by atoms with Crippen molar-refractivity contribution in [1.82, 2.24) is 0 Å². The number of nitrogens with zero attached hydrogens (tertiary/aromatic N) is 1. The van der Waals surface area contributed by atoms with Crippen molar-refractivity contribution in [2.45, 2.75) is 13.5 Å². The first-order valence-corrected chi connectivity index (χ1v) is 4.86. The van der Waals surface area contributed by atoms with Gasteiger partial charge in [0.1, 0.15) is 12.3 Å². The zero-order valence-corrected chi connectivity index (χ0v) is 12.3. The van der Waals surface area contributed by atoms with Gasteiger partial charge in [-0.05, 0) is 30.7 Å². The van der Waals surface area contributed by atoms with Crippen molar-refractivity contribution in [2.24, 2.45) is 0 Å². The van der Waals surface area contributed by atoms with E-state index in [1.165, 1.54) is 11.1 Å². The Kier molecular flexibility index (Phi) is 5.59. The molecular weight excluding hydrogens is 301 g/mol. The quantitative estimate of drug-likeness (QED) is 0.524. The molecule has 0 aliphatic rings. The first kappa shape index (κ1) is 14.7. The van der Waals surface area contributed by atoms with Crippen LogP contribution in [0, 0.1) is 6.92 Å². The molecule has 0 radical (unpaired) electrons. The van der Waals surface area contributed by atoms with Crippen LogP contribution in [0.4, 0.5) is 0 Å². The van der Waals surface area contributed by atoms with Crippen LogP contribution in [-0.4, -0.2) is 32.7 Å². The second-order valence-corrected chi connectivity index (χ2v) is 4.74. The fourth-order valence-electron chi connectivity index (χ4n) is 1.48. The lowest BCUT2D eigenvalue weighted by Gasteiger charge is -2.24. The number of hydrogen-bond acceptors (Lipinski definition) is 1. The van der Waals surface area contributed by atoms with E-state index in [0.717, 1.165) is 16.8 Å². The van der Waals surface area contributed by atoms with Crippen LogP contribution >= 0.6 is 0 Å². The second-order valence-electron chi connectivity index (χ2n) is 4.74. The number of ether oxygens (including phenoxy) is 1. The molecule has 0 spiro atoms. The van der Waals surface area contributed by atoms with E-state index >= 15 is 0 Å². The van der Waals surface area contributed by atoms with Crippen molar-refractivity contribution < 1.29 is 33.2 Å². The highest BCUT2D eigenvalue weighted by Crippen LogP contribution is 2.18. The van der Waals surface area contributed by atoms with Crippen molar-refractivity contribution in [2.75, 3.05) is 28.3 Å². The molecule has 0 heterocycles. The molecule has 0 atom stereocenters. The molecule has 1 aromatic rings.